The van der Waals surface area contributed by atoms with Crippen molar-refractivity contribution in [2.24, 2.45) is 5.92 Å². The maximum Gasteiger partial charge on any atom is 0.272 e. The number of nitrogens with one attached hydrogen (secondary N) is 1. The normalized spacial score (nSPS) is 16.5. The third-order valence-corrected chi connectivity index (χ3v) is 4.42. The summed E-state index contributed by atoms with van der Waals surface area (Å²) in [5.74, 6) is 0.117. The lowest BCUT2D eigenvalue weighted by atomic mass is 10.0. The fourth-order valence-electron chi connectivity index (χ4n) is 3.00. The fraction of sp³-hybridized carbons (Fsp3) is 0.444. The maximum absolute atomic E-state index is 13.3. The van der Waals surface area contributed by atoms with E-state index in [2.05, 4.69) is 10.4 Å². The molecule has 3 rings (SSSR count). The van der Waals surface area contributed by atoms with E-state index in [0.29, 0.717) is 30.3 Å². The van der Waals surface area contributed by atoms with Crippen LogP contribution >= 0.6 is 11.6 Å². The van der Waals surface area contributed by atoms with Gasteiger partial charge in [0.05, 0.1) is 23.2 Å². The smallest absolute Gasteiger partial charge is 0.272 e. The first kappa shape index (κ1) is 18.6. The van der Waals surface area contributed by atoms with Crippen LogP contribution in [0.5, 0.6) is 5.75 Å². The van der Waals surface area contributed by atoms with Gasteiger partial charge in [-0.05, 0) is 12.0 Å². The summed E-state index contributed by atoms with van der Waals surface area (Å²) in [4.78, 5) is 12.6. The number of carbonyl (C=O) groups excluding carboxylic acids is 1. The molecule has 1 aliphatic heterocycles. The Labute approximate surface area is 155 Å². The number of carbonyl (C=O) groups is 1. The van der Waals surface area contributed by atoms with Crippen molar-refractivity contribution in [2.75, 3.05) is 6.61 Å². The van der Waals surface area contributed by atoms with Crippen LogP contribution in [0.3, 0.4) is 0 Å². The molecule has 0 aliphatic carbocycles. The van der Waals surface area contributed by atoms with Gasteiger partial charge in [-0.25, -0.2) is 8.78 Å². The Hall–Kier alpha value is -2.15. The van der Waals surface area contributed by atoms with Gasteiger partial charge in [-0.15, -0.1) is 0 Å². The predicted octanol–water partition coefficient (Wildman–Crippen LogP) is 4.38. The van der Waals surface area contributed by atoms with Crippen molar-refractivity contribution in [1.29, 1.82) is 0 Å². The quantitative estimate of drug-likeness (QED) is 0.833. The van der Waals surface area contributed by atoms with E-state index in [9.17, 15) is 13.6 Å². The number of hydrogen-bond donors (Lipinski definition) is 1. The van der Waals surface area contributed by atoms with Crippen LogP contribution in [0.15, 0.2) is 24.4 Å². The summed E-state index contributed by atoms with van der Waals surface area (Å²) in [6.07, 6.45) is -1.00. The number of ether oxygens (including phenoxy) is 1. The Morgan fingerprint density at radius 1 is 1.46 bits per heavy atom. The van der Waals surface area contributed by atoms with Crippen LogP contribution in [0.1, 0.15) is 54.4 Å². The molecule has 1 N–H and O–H groups in total. The minimum atomic E-state index is -2.77. The standard InChI is InChI=1S/C18H20ClF2N3O2/c1-10(2)8-24-9-12(17(20)21)15(23-24)18(25)22-14-6-7-26-16-11(14)4-3-5-13(16)19/h3-5,9-10,14,17H,6-8H2,1-2H3,(H,22,25)/t14-/m0/s1. The van der Waals surface area contributed by atoms with Crippen LogP contribution in [0.4, 0.5) is 8.78 Å². The highest BCUT2D eigenvalue weighted by Crippen LogP contribution is 2.37. The average molecular weight is 384 g/mol. The first-order valence-corrected chi connectivity index (χ1v) is 8.82. The number of alkyl halides is 2. The summed E-state index contributed by atoms with van der Waals surface area (Å²) in [5.41, 5.74) is 0.134. The first-order valence-electron chi connectivity index (χ1n) is 8.44. The molecular formula is C18H20ClF2N3O2. The molecule has 0 fully saturated rings. The zero-order chi connectivity index (χ0) is 18.8. The molecule has 0 radical (unpaired) electrons. The summed E-state index contributed by atoms with van der Waals surface area (Å²) in [6.45, 7) is 4.74. The number of para-hydroxylation sites is 1. The number of rotatable bonds is 5. The zero-order valence-electron chi connectivity index (χ0n) is 14.5. The molecule has 1 amide bonds. The second-order valence-corrected chi connectivity index (χ2v) is 7.08. The monoisotopic (exact) mass is 383 g/mol. The Morgan fingerprint density at radius 3 is 2.92 bits per heavy atom. The van der Waals surface area contributed by atoms with Crippen LogP contribution in [-0.2, 0) is 6.54 Å². The summed E-state index contributed by atoms with van der Waals surface area (Å²) >= 11 is 6.13. The molecule has 0 bridgehead atoms. The summed E-state index contributed by atoms with van der Waals surface area (Å²) in [5, 5.41) is 7.33. The average Bonchev–Trinajstić information content (AvgIpc) is 2.99. The van der Waals surface area contributed by atoms with Gasteiger partial charge in [0.25, 0.3) is 12.3 Å². The van der Waals surface area contributed by atoms with Crippen LogP contribution < -0.4 is 10.1 Å². The highest BCUT2D eigenvalue weighted by atomic mass is 35.5. The van der Waals surface area contributed by atoms with E-state index in [1.165, 1.54) is 10.9 Å². The number of aromatic nitrogens is 2. The van der Waals surface area contributed by atoms with Gasteiger partial charge in [0.15, 0.2) is 5.69 Å². The highest BCUT2D eigenvalue weighted by Gasteiger charge is 2.29. The molecule has 0 saturated carbocycles. The van der Waals surface area contributed by atoms with Crippen LogP contribution in [0, 0.1) is 5.92 Å². The van der Waals surface area contributed by atoms with Crippen molar-refractivity contribution in [2.45, 2.75) is 39.3 Å². The van der Waals surface area contributed by atoms with Crippen LogP contribution in [-0.4, -0.2) is 22.3 Å². The number of amides is 1. The molecule has 8 heteroatoms. The van der Waals surface area contributed by atoms with Crippen molar-refractivity contribution in [3.63, 3.8) is 0 Å². The van der Waals surface area contributed by atoms with Crippen molar-refractivity contribution in [3.8, 4) is 5.75 Å². The SMILES string of the molecule is CC(C)Cn1cc(C(F)F)c(C(=O)N[C@H]2CCOc3c(Cl)cccc32)n1. The van der Waals surface area contributed by atoms with Gasteiger partial charge in [-0.1, -0.05) is 37.6 Å². The second kappa shape index (κ2) is 7.61. The molecule has 1 aromatic carbocycles. The lowest BCUT2D eigenvalue weighted by Gasteiger charge is -2.27. The Bertz CT molecular complexity index is 808. The van der Waals surface area contributed by atoms with Crippen molar-refractivity contribution < 1.29 is 18.3 Å². The molecule has 140 valence electrons. The van der Waals surface area contributed by atoms with Crippen LogP contribution in [0.2, 0.25) is 5.02 Å². The fourth-order valence-corrected chi connectivity index (χ4v) is 3.24. The van der Waals surface area contributed by atoms with Gasteiger partial charge in [0.2, 0.25) is 0 Å². The lowest BCUT2D eigenvalue weighted by Crippen LogP contribution is -2.33. The Balaban J connectivity index is 1.85. The summed E-state index contributed by atoms with van der Waals surface area (Å²) in [7, 11) is 0. The van der Waals surface area contributed by atoms with Gasteiger partial charge in [0, 0.05) is 24.7 Å². The molecule has 2 heterocycles. The number of halogens is 3. The molecule has 0 saturated heterocycles. The molecule has 26 heavy (non-hydrogen) atoms. The molecule has 1 atom stereocenters. The minimum absolute atomic E-state index is 0.223. The summed E-state index contributed by atoms with van der Waals surface area (Å²) in [6, 6.07) is 4.89. The van der Waals surface area contributed by atoms with Crippen LogP contribution in [0.25, 0.3) is 0 Å². The van der Waals surface area contributed by atoms with Crippen molar-refractivity contribution in [3.05, 3.63) is 46.2 Å². The predicted molar refractivity (Wildman–Crippen MR) is 93.8 cm³/mol. The van der Waals surface area contributed by atoms with Crippen molar-refractivity contribution in [1.82, 2.24) is 15.1 Å². The molecule has 2 aromatic rings. The number of benzene rings is 1. The molecular weight excluding hydrogens is 364 g/mol. The van der Waals surface area contributed by atoms with E-state index in [1.807, 2.05) is 13.8 Å². The zero-order valence-corrected chi connectivity index (χ0v) is 15.3. The Morgan fingerprint density at radius 2 is 2.23 bits per heavy atom. The van der Waals surface area contributed by atoms with Gasteiger partial charge in [0.1, 0.15) is 5.75 Å². The van der Waals surface area contributed by atoms with Gasteiger partial charge < -0.3 is 10.1 Å². The van der Waals surface area contributed by atoms with E-state index in [4.69, 9.17) is 16.3 Å². The third-order valence-electron chi connectivity index (χ3n) is 4.12. The van der Waals surface area contributed by atoms with Gasteiger partial charge >= 0.3 is 0 Å². The second-order valence-electron chi connectivity index (χ2n) is 6.67. The van der Waals surface area contributed by atoms with Gasteiger partial charge in [-0.2, -0.15) is 5.10 Å². The highest BCUT2D eigenvalue weighted by molar-refractivity contribution is 6.32. The van der Waals surface area contributed by atoms with E-state index in [0.717, 1.165) is 5.56 Å². The number of fused-ring (bicyclic) bond motifs is 1. The molecule has 5 nitrogen and oxygen atoms in total. The Kier molecular flexibility index (Phi) is 5.46. The maximum atomic E-state index is 13.3. The van der Waals surface area contributed by atoms with E-state index in [-0.39, 0.29) is 23.2 Å². The summed E-state index contributed by atoms with van der Waals surface area (Å²) < 4.78 is 33.6. The van der Waals surface area contributed by atoms with E-state index < -0.39 is 12.3 Å². The first-order chi connectivity index (χ1) is 12.4. The van der Waals surface area contributed by atoms with Crippen molar-refractivity contribution >= 4 is 17.5 Å². The van der Waals surface area contributed by atoms with E-state index >= 15 is 0 Å². The largest absolute Gasteiger partial charge is 0.492 e. The number of nitrogens with zero attached hydrogens (tertiary/aromatic N) is 2. The molecule has 1 aliphatic rings. The molecule has 0 unspecified atom stereocenters. The number of hydrogen-bond acceptors (Lipinski definition) is 3. The minimum Gasteiger partial charge on any atom is -0.492 e. The molecule has 0 spiro atoms. The lowest BCUT2D eigenvalue weighted by molar-refractivity contribution is 0.0906. The van der Waals surface area contributed by atoms with Gasteiger partial charge in [-0.3, -0.25) is 9.48 Å². The third kappa shape index (κ3) is 3.82. The van der Waals surface area contributed by atoms with E-state index in [1.54, 1.807) is 18.2 Å². The molecule has 1 aromatic heterocycles. The topological polar surface area (TPSA) is 56.2 Å².